The molecule has 17 heavy (non-hydrogen) atoms. The van der Waals surface area contributed by atoms with Crippen molar-refractivity contribution in [2.75, 3.05) is 31.3 Å². The second-order valence-corrected chi connectivity index (χ2v) is 6.92. The Labute approximate surface area is 108 Å². The summed E-state index contributed by atoms with van der Waals surface area (Å²) in [7, 11) is -2.93. The van der Waals surface area contributed by atoms with Gasteiger partial charge in [-0.2, -0.15) is 0 Å². The molecule has 0 saturated carbocycles. The molecule has 0 amide bonds. The van der Waals surface area contributed by atoms with E-state index in [-0.39, 0.29) is 16.7 Å². The molecule has 0 radical (unpaired) electrons. The maximum atomic E-state index is 11.4. The van der Waals surface area contributed by atoms with Crippen molar-refractivity contribution in [1.29, 1.82) is 0 Å². The van der Waals surface area contributed by atoms with Crippen molar-refractivity contribution in [2.24, 2.45) is 0 Å². The van der Waals surface area contributed by atoms with Crippen LogP contribution < -0.4 is 5.32 Å². The SMILES string of the molecule is CCOCCOC(=S)NC1(C)CCS(=O)(=O)C1. The maximum Gasteiger partial charge on any atom is 0.257 e. The van der Waals surface area contributed by atoms with Crippen LogP contribution in [0.25, 0.3) is 0 Å². The summed E-state index contributed by atoms with van der Waals surface area (Å²) in [5.41, 5.74) is -0.498. The molecular weight excluding hydrogens is 262 g/mol. The molecule has 1 rings (SSSR count). The molecule has 0 aromatic rings. The van der Waals surface area contributed by atoms with E-state index in [9.17, 15) is 8.42 Å². The highest BCUT2D eigenvalue weighted by Crippen LogP contribution is 2.22. The lowest BCUT2D eigenvalue weighted by molar-refractivity contribution is 0.104. The zero-order chi connectivity index (χ0) is 12.9. The molecule has 7 heteroatoms. The monoisotopic (exact) mass is 281 g/mol. The zero-order valence-corrected chi connectivity index (χ0v) is 11.8. The predicted octanol–water partition coefficient (Wildman–Crippen LogP) is 0.491. The van der Waals surface area contributed by atoms with E-state index in [2.05, 4.69) is 5.32 Å². The summed E-state index contributed by atoms with van der Waals surface area (Å²) in [5.74, 6) is 0.313. The number of nitrogens with one attached hydrogen (secondary N) is 1. The Kier molecular flexibility index (Phi) is 5.15. The summed E-state index contributed by atoms with van der Waals surface area (Å²) < 4.78 is 33.1. The molecule has 0 bridgehead atoms. The average molecular weight is 281 g/mol. The molecule has 1 atom stereocenters. The van der Waals surface area contributed by atoms with Crippen molar-refractivity contribution in [3.63, 3.8) is 0 Å². The van der Waals surface area contributed by atoms with Crippen molar-refractivity contribution >= 4 is 27.2 Å². The van der Waals surface area contributed by atoms with Gasteiger partial charge < -0.3 is 14.8 Å². The third-order valence-electron chi connectivity index (χ3n) is 2.57. The van der Waals surface area contributed by atoms with Crippen molar-refractivity contribution in [2.45, 2.75) is 25.8 Å². The highest BCUT2D eigenvalue weighted by Gasteiger charge is 2.39. The van der Waals surface area contributed by atoms with E-state index < -0.39 is 15.4 Å². The number of rotatable bonds is 5. The van der Waals surface area contributed by atoms with E-state index in [1.54, 1.807) is 0 Å². The highest BCUT2D eigenvalue weighted by molar-refractivity contribution is 7.91. The first-order valence-corrected chi connectivity index (χ1v) is 7.83. The van der Waals surface area contributed by atoms with Crippen molar-refractivity contribution < 1.29 is 17.9 Å². The van der Waals surface area contributed by atoms with Crippen LogP contribution in [0.4, 0.5) is 0 Å². The molecule has 1 aliphatic rings. The Morgan fingerprint density at radius 1 is 1.47 bits per heavy atom. The molecule has 100 valence electrons. The van der Waals surface area contributed by atoms with Crippen molar-refractivity contribution in [1.82, 2.24) is 5.32 Å². The fraction of sp³-hybridized carbons (Fsp3) is 0.900. The Hall–Kier alpha value is -0.400. The van der Waals surface area contributed by atoms with Crippen molar-refractivity contribution in [3.05, 3.63) is 0 Å². The quantitative estimate of drug-likeness (QED) is 0.584. The number of sulfone groups is 1. The van der Waals surface area contributed by atoms with Gasteiger partial charge in [-0.25, -0.2) is 8.42 Å². The summed E-state index contributed by atoms with van der Waals surface area (Å²) in [6.45, 7) is 5.24. The third kappa shape index (κ3) is 5.18. The molecule has 5 nitrogen and oxygen atoms in total. The van der Waals surface area contributed by atoms with Gasteiger partial charge in [0.05, 0.1) is 23.7 Å². The fourth-order valence-corrected chi connectivity index (χ4v) is 4.15. The molecule has 1 aliphatic heterocycles. The van der Waals surface area contributed by atoms with Gasteiger partial charge in [-0.05, 0) is 32.5 Å². The Morgan fingerprint density at radius 2 is 2.18 bits per heavy atom. The van der Waals surface area contributed by atoms with Crippen LogP contribution in [0.1, 0.15) is 20.3 Å². The van der Waals surface area contributed by atoms with E-state index in [1.165, 1.54) is 0 Å². The number of hydrogen-bond donors (Lipinski definition) is 1. The molecule has 1 N–H and O–H groups in total. The first kappa shape index (κ1) is 14.7. The van der Waals surface area contributed by atoms with Gasteiger partial charge in [-0.1, -0.05) is 0 Å². The molecule has 1 heterocycles. The van der Waals surface area contributed by atoms with Gasteiger partial charge >= 0.3 is 0 Å². The van der Waals surface area contributed by atoms with E-state index in [0.717, 1.165) is 0 Å². The van der Waals surface area contributed by atoms with Gasteiger partial charge in [0.1, 0.15) is 6.61 Å². The summed E-state index contributed by atoms with van der Waals surface area (Å²) in [4.78, 5) is 0. The molecule has 0 spiro atoms. The molecule has 0 aromatic carbocycles. The standard InChI is InChI=1S/C10H19NO4S2/c1-3-14-5-6-15-9(16)11-10(2)4-7-17(12,13)8-10/h3-8H2,1-2H3,(H,11,16). The number of thiocarbonyl (C=S) groups is 1. The number of hydrogen-bond acceptors (Lipinski definition) is 5. The van der Waals surface area contributed by atoms with Crippen LogP contribution in [0.5, 0.6) is 0 Å². The summed E-state index contributed by atoms with van der Waals surface area (Å²) in [6.07, 6.45) is 0.560. The summed E-state index contributed by atoms with van der Waals surface area (Å²) in [5, 5.41) is 3.20. The van der Waals surface area contributed by atoms with Crippen molar-refractivity contribution in [3.8, 4) is 0 Å². The van der Waals surface area contributed by atoms with Gasteiger partial charge in [-0.3, -0.25) is 0 Å². The van der Waals surface area contributed by atoms with Crippen LogP contribution in [0.2, 0.25) is 0 Å². The van der Waals surface area contributed by atoms with Gasteiger partial charge in [0.2, 0.25) is 0 Å². The van der Waals surface area contributed by atoms with E-state index >= 15 is 0 Å². The Morgan fingerprint density at radius 3 is 2.71 bits per heavy atom. The molecule has 0 aliphatic carbocycles. The number of ether oxygens (including phenoxy) is 2. The minimum absolute atomic E-state index is 0.106. The van der Waals surface area contributed by atoms with Crippen LogP contribution in [0.3, 0.4) is 0 Å². The van der Waals surface area contributed by atoms with E-state index in [1.807, 2.05) is 13.8 Å². The normalized spacial score (nSPS) is 26.7. The predicted molar refractivity (Wildman–Crippen MR) is 69.9 cm³/mol. The molecule has 0 aromatic heterocycles. The Balaban J connectivity index is 2.31. The first-order valence-electron chi connectivity index (χ1n) is 5.60. The second kappa shape index (κ2) is 5.97. The summed E-state index contributed by atoms with van der Waals surface area (Å²) >= 11 is 5.00. The minimum Gasteiger partial charge on any atom is -0.469 e. The second-order valence-electron chi connectivity index (χ2n) is 4.36. The highest BCUT2D eigenvalue weighted by atomic mass is 32.2. The largest absolute Gasteiger partial charge is 0.469 e. The lowest BCUT2D eigenvalue weighted by Crippen LogP contribution is -2.47. The molecule has 1 fully saturated rings. The van der Waals surface area contributed by atoms with Crippen LogP contribution >= 0.6 is 12.2 Å². The molecule has 1 unspecified atom stereocenters. The van der Waals surface area contributed by atoms with Crippen LogP contribution in [0.15, 0.2) is 0 Å². The van der Waals surface area contributed by atoms with Gasteiger partial charge in [0.25, 0.3) is 5.17 Å². The zero-order valence-electron chi connectivity index (χ0n) is 10.2. The topological polar surface area (TPSA) is 64.6 Å². The van der Waals surface area contributed by atoms with E-state index in [0.29, 0.717) is 26.2 Å². The van der Waals surface area contributed by atoms with Gasteiger partial charge in [0, 0.05) is 6.61 Å². The van der Waals surface area contributed by atoms with E-state index in [4.69, 9.17) is 21.7 Å². The maximum absolute atomic E-state index is 11.4. The van der Waals surface area contributed by atoms with Crippen LogP contribution in [-0.2, 0) is 19.3 Å². The molecule has 1 saturated heterocycles. The molecular formula is C10H19NO4S2. The van der Waals surface area contributed by atoms with Gasteiger partial charge in [0.15, 0.2) is 9.84 Å². The van der Waals surface area contributed by atoms with Crippen LogP contribution in [-0.4, -0.2) is 50.5 Å². The lowest BCUT2D eigenvalue weighted by atomic mass is 10.0. The Bertz CT molecular complexity index is 369. The minimum atomic E-state index is -2.93. The lowest BCUT2D eigenvalue weighted by Gasteiger charge is -2.25. The van der Waals surface area contributed by atoms with Gasteiger partial charge in [-0.15, -0.1) is 0 Å². The fourth-order valence-electron chi connectivity index (χ4n) is 1.73. The smallest absolute Gasteiger partial charge is 0.257 e. The van der Waals surface area contributed by atoms with Crippen LogP contribution in [0, 0.1) is 0 Å². The third-order valence-corrected chi connectivity index (χ3v) is 4.70. The summed E-state index contributed by atoms with van der Waals surface area (Å²) in [6, 6.07) is 0. The average Bonchev–Trinajstić information content (AvgIpc) is 2.47. The first-order chi connectivity index (χ1) is 7.87.